The lowest BCUT2D eigenvalue weighted by molar-refractivity contribution is -0.122. The summed E-state index contributed by atoms with van der Waals surface area (Å²) < 4.78 is 26.6. The van der Waals surface area contributed by atoms with E-state index in [1.807, 2.05) is 7.05 Å². The molecule has 1 aromatic rings. The van der Waals surface area contributed by atoms with E-state index < -0.39 is 11.6 Å². The van der Waals surface area contributed by atoms with E-state index in [1.165, 1.54) is 6.07 Å². The van der Waals surface area contributed by atoms with Crippen LogP contribution in [0.3, 0.4) is 0 Å². The first-order chi connectivity index (χ1) is 9.13. The van der Waals surface area contributed by atoms with Gasteiger partial charge in [-0.05, 0) is 56.1 Å². The van der Waals surface area contributed by atoms with Gasteiger partial charge in [-0.3, -0.25) is 4.79 Å². The lowest BCUT2D eigenvalue weighted by Gasteiger charge is -2.05. The van der Waals surface area contributed by atoms with Crippen LogP contribution in [0, 0.1) is 17.6 Å². The zero-order valence-electron chi connectivity index (χ0n) is 10.9. The second-order valence-electron chi connectivity index (χ2n) is 4.86. The second kappa shape index (κ2) is 6.10. The van der Waals surface area contributed by atoms with E-state index in [9.17, 15) is 13.6 Å². The fourth-order valence-electron chi connectivity index (χ4n) is 2.24. The summed E-state index contributed by atoms with van der Waals surface area (Å²) in [5, 5.41) is 5.81. The highest BCUT2D eigenvalue weighted by molar-refractivity contribution is 5.82. The van der Waals surface area contributed by atoms with Crippen LogP contribution in [0.4, 0.5) is 8.78 Å². The van der Waals surface area contributed by atoms with E-state index in [0.717, 1.165) is 25.1 Å². The summed E-state index contributed by atoms with van der Waals surface area (Å²) >= 11 is 0. The highest BCUT2D eigenvalue weighted by Gasteiger charge is 2.45. The fourth-order valence-corrected chi connectivity index (χ4v) is 2.24. The third kappa shape index (κ3) is 3.50. The maximum Gasteiger partial charge on any atom is 0.223 e. The molecule has 0 radical (unpaired) electrons. The van der Waals surface area contributed by atoms with Crippen LogP contribution in [0.5, 0.6) is 0 Å². The maximum absolute atomic E-state index is 13.5. The number of carbonyl (C=O) groups excluding carboxylic acids is 1. The molecule has 0 aromatic heterocycles. The van der Waals surface area contributed by atoms with E-state index in [2.05, 4.69) is 10.6 Å². The molecule has 2 atom stereocenters. The number of amides is 1. The van der Waals surface area contributed by atoms with Crippen molar-refractivity contribution < 1.29 is 13.6 Å². The van der Waals surface area contributed by atoms with Gasteiger partial charge in [0.1, 0.15) is 11.6 Å². The molecule has 1 saturated carbocycles. The minimum absolute atomic E-state index is 0.0650. The van der Waals surface area contributed by atoms with Crippen LogP contribution in [-0.4, -0.2) is 26.0 Å². The number of nitrogens with one attached hydrogen (secondary N) is 2. The first-order valence-corrected chi connectivity index (χ1v) is 6.50. The maximum atomic E-state index is 13.5. The number of carbonyl (C=O) groups is 1. The van der Waals surface area contributed by atoms with Gasteiger partial charge in [-0.15, -0.1) is 0 Å². The molecule has 1 fully saturated rings. The molecule has 0 spiro atoms. The standard InChI is InChI=1S/C14H18F2N2O/c1-17-5-2-6-18-14(19)12-8-10(12)11-7-9(15)3-4-13(11)16/h3-4,7,10,12,17H,2,5-6,8H2,1H3,(H,18,19). The molecule has 0 bridgehead atoms. The van der Waals surface area contributed by atoms with Gasteiger partial charge >= 0.3 is 0 Å². The third-order valence-corrected chi connectivity index (χ3v) is 3.39. The SMILES string of the molecule is CNCCCNC(=O)C1CC1c1cc(F)ccc1F. The number of hydrogen-bond donors (Lipinski definition) is 2. The molecule has 0 aliphatic heterocycles. The average molecular weight is 268 g/mol. The molecule has 1 aliphatic carbocycles. The predicted molar refractivity (Wildman–Crippen MR) is 68.8 cm³/mol. The smallest absolute Gasteiger partial charge is 0.223 e. The molecule has 1 aromatic carbocycles. The normalized spacial score (nSPS) is 21.2. The number of rotatable bonds is 6. The molecule has 1 amide bonds. The first-order valence-electron chi connectivity index (χ1n) is 6.50. The van der Waals surface area contributed by atoms with Crippen LogP contribution in [0.25, 0.3) is 0 Å². The molecular weight excluding hydrogens is 250 g/mol. The van der Waals surface area contributed by atoms with E-state index in [1.54, 1.807) is 0 Å². The van der Waals surface area contributed by atoms with Gasteiger partial charge in [0, 0.05) is 12.5 Å². The van der Waals surface area contributed by atoms with Crippen LogP contribution in [-0.2, 0) is 4.79 Å². The van der Waals surface area contributed by atoms with Crippen molar-refractivity contribution in [2.45, 2.75) is 18.8 Å². The van der Waals surface area contributed by atoms with Crippen molar-refractivity contribution in [2.24, 2.45) is 5.92 Å². The van der Waals surface area contributed by atoms with E-state index in [4.69, 9.17) is 0 Å². The minimum Gasteiger partial charge on any atom is -0.356 e. The predicted octanol–water partition coefficient (Wildman–Crippen LogP) is 1.79. The highest BCUT2D eigenvalue weighted by atomic mass is 19.1. The van der Waals surface area contributed by atoms with Crippen LogP contribution >= 0.6 is 0 Å². The summed E-state index contributed by atoms with van der Waals surface area (Å²) in [6.07, 6.45) is 1.45. The van der Waals surface area contributed by atoms with E-state index >= 15 is 0 Å². The van der Waals surface area contributed by atoms with E-state index in [-0.39, 0.29) is 17.7 Å². The van der Waals surface area contributed by atoms with E-state index in [0.29, 0.717) is 18.5 Å². The zero-order chi connectivity index (χ0) is 13.8. The molecule has 0 saturated heterocycles. The van der Waals surface area contributed by atoms with Crippen LogP contribution in [0.2, 0.25) is 0 Å². The third-order valence-electron chi connectivity index (χ3n) is 3.39. The average Bonchev–Trinajstić information content (AvgIpc) is 3.17. The van der Waals surface area contributed by atoms with Gasteiger partial charge in [0.2, 0.25) is 5.91 Å². The lowest BCUT2D eigenvalue weighted by Crippen LogP contribution is -2.28. The summed E-state index contributed by atoms with van der Waals surface area (Å²) in [6.45, 7) is 1.45. The lowest BCUT2D eigenvalue weighted by atomic mass is 10.1. The highest BCUT2D eigenvalue weighted by Crippen LogP contribution is 2.48. The molecule has 2 N–H and O–H groups in total. The van der Waals surface area contributed by atoms with Crippen molar-refractivity contribution in [3.63, 3.8) is 0 Å². The summed E-state index contributed by atoms with van der Waals surface area (Å²) in [4.78, 5) is 11.8. The van der Waals surface area contributed by atoms with Crippen molar-refractivity contribution in [1.29, 1.82) is 0 Å². The Bertz CT molecular complexity index is 465. The molecule has 104 valence electrons. The Morgan fingerprint density at radius 3 is 2.89 bits per heavy atom. The zero-order valence-corrected chi connectivity index (χ0v) is 10.9. The van der Waals surface area contributed by atoms with Crippen molar-refractivity contribution >= 4 is 5.91 Å². The Morgan fingerprint density at radius 2 is 2.16 bits per heavy atom. The van der Waals surface area contributed by atoms with Crippen molar-refractivity contribution in [3.8, 4) is 0 Å². The summed E-state index contributed by atoms with van der Waals surface area (Å²) in [6, 6.07) is 3.40. The molecule has 19 heavy (non-hydrogen) atoms. The summed E-state index contributed by atoms with van der Waals surface area (Å²) in [7, 11) is 1.85. The van der Waals surface area contributed by atoms with Crippen molar-refractivity contribution in [3.05, 3.63) is 35.4 Å². The van der Waals surface area contributed by atoms with Gasteiger partial charge in [-0.25, -0.2) is 8.78 Å². The van der Waals surface area contributed by atoms with Crippen LogP contribution in [0.15, 0.2) is 18.2 Å². The van der Waals surface area contributed by atoms with Gasteiger partial charge in [0.15, 0.2) is 0 Å². The molecule has 0 heterocycles. The number of hydrogen-bond acceptors (Lipinski definition) is 2. The molecule has 1 aliphatic rings. The van der Waals surface area contributed by atoms with Crippen LogP contribution < -0.4 is 10.6 Å². The number of benzene rings is 1. The Balaban J connectivity index is 1.86. The first kappa shape index (κ1) is 13.9. The largest absolute Gasteiger partial charge is 0.356 e. The number of halogens is 2. The Labute approximate surface area is 111 Å². The van der Waals surface area contributed by atoms with Gasteiger partial charge < -0.3 is 10.6 Å². The van der Waals surface area contributed by atoms with Crippen LogP contribution in [0.1, 0.15) is 24.3 Å². The second-order valence-corrected chi connectivity index (χ2v) is 4.86. The monoisotopic (exact) mass is 268 g/mol. The van der Waals surface area contributed by atoms with Crippen molar-refractivity contribution in [1.82, 2.24) is 10.6 Å². The minimum atomic E-state index is -0.462. The van der Waals surface area contributed by atoms with Gasteiger partial charge in [0.25, 0.3) is 0 Å². The molecule has 3 nitrogen and oxygen atoms in total. The molecule has 2 unspecified atom stereocenters. The summed E-state index contributed by atoms with van der Waals surface area (Å²) in [5.41, 5.74) is 0.315. The molecular formula is C14H18F2N2O. The molecule has 5 heteroatoms. The Morgan fingerprint density at radius 1 is 1.37 bits per heavy atom. The summed E-state index contributed by atoms with van der Waals surface area (Å²) in [5.74, 6) is -1.36. The topological polar surface area (TPSA) is 41.1 Å². The van der Waals surface area contributed by atoms with Gasteiger partial charge in [-0.2, -0.15) is 0 Å². The van der Waals surface area contributed by atoms with Gasteiger partial charge in [-0.1, -0.05) is 0 Å². The van der Waals surface area contributed by atoms with Crippen molar-refractivity contribution in [2.75, 3.05) is 20.1 Å². The van der Waals surface area contributed by atoms with Gasteiger partial charge in [0.05, 0.1) is 0 Å². The fraction of sp³-hybridized carbons (Fsp3) is 0.500. The Kier molecular flexibility index (Phi) is 4.47. The Hall–Kier alpha value is -1.49. The quantitative estimate of drug-likeness (QED) is 0.772. The molecule has 2 rings (SSSR count).